The van der Waals surface area contributed by atoms with Gasteiger partial charge in [-0.1, -0.05) is 35.4 Å². The Kier molecular flexibility index (Phi) is 9.78. The molecular formula is C31H36N4O5S. The Morgan fingerprint density at radius 2 is 1.59 bits per heavy atom. The number of anilines is 1. The molecule has 41 heavy (non-hydrogen) atoms. The second-order valence-electron chi connectivity index (χ2n) is 10.2. The third-order valence-corrected chi connectivity index (χ3v) is 8.65. The molecule has 0 aliphatic carbocycles. The van der Waals surface area contributed by atoms with Crippen molar-refractivity contribution in [3.05, 3.63) is 89.0 Å². The molecule has 10 heteroatoms. The molecule has 3 aromatic carbocycles. The van der Waals surface area contributed by atoms with Crippen LogP contribution < -0.4 is 14.5 Å². The molecule has 4 rings (SSSR count). The summed E-state index contributed by atoms with van der Waals surface area (Å²) in [6.07, 6.45) is 4.67. The van der Waals surface area contributed by atoms with E-state index in [9.17, 15) is 18.0 Å². The quantitative estimate of drug-likeness (QED) is 0.285. The van der Waals surface area contributed by atoms with Crippen molar-refractivity contribution in [2.24, 2.45) is 5.10 Å². The highest BCUT2D eigenvalue weighted by Crippen LogP contribution is 2.27. The monoisotopic (exact) mass is 576 g/mol. The molecule has 0 unspecified atom stereocenters. The maximum Gasteiger partial charge on any atom is 0.264 e. The number of aryl methyl sites for hydroxylation is 3. The zero-order valence-corrected chi connectivity index (χ0v) is 24.5. The zero-order chi connectivity index (χ0) is 29.4. The highest BCUT2D eigenvalue weighted by molar-refractivity contribution is 7.92. The topological polar surface area (TPSA) is 108 Å². The van der Waals surface area contributed by atoms with Gasteiger partial charge >= 0.3 is 0 Å². The minimum absolute atomic E-state index is 0.00799. The maximum atomic E-state index is 13.6. The van der Waals surface area contributed by atoms with Crippen molar-refractivity contribution in [2.45, 2.75) is 44.9 Å². The second-order valence-corrected chi connectivity index (χ2v) is 12.1. The van der Waals surface area contributed by atoms with Crippen molar-refractivity contribution in [3.8, 4) is 5.75 Å². The van der Waals surface area contributed by atoms with E-state index in [1.807, 2.05) is 37.8 Å². The minimum Gasteiger partial charge on any atom is -0.484 e. The lowest BCUT2D eigenvalue weighted by Crippen LogP contribution is -2.40. The average molecular weight is 577 g/mol. The number of carbonyl (C=O) groups is 2. The summed E-state index contributed by atoms with van der Waals surface area (Å²) in [6, 6.07) is 18.9. The van der Waals surface area contributed by atoms with Crippen LogP contribution >= 0.6 is 0 Å². The van der Waals surface area contributed by atoms with Gasteiger partial charge in [-0.3, -0.25) is 13.9 Å². The smallest absolute Gasteiger partial charge is 0.264 e. The van der Waals surface area contributed by atoms with Crippen LogP contribution in [0.4, 0.5) is 5.69 Å². The lowest BCUT2D eigenvalue weighted by atomic mass is 10.1. The van der Waals surface area contributed by atoms with Gasteiger partial charge in [0.05, 0.1) is 16.8 Å². The van der Waals surface area contributed by atoms with E-state index in [0.29, 0.717) is 17.0 Å². The number of rotatable bonds is 10. The number of benzene rings is 3. The van der Waals surface area contributed by atoms with E-state index in [1.54, 1.807) is 42.5 Å². The van der Waals surface area contributed by atoms with Gasteiger partial charge in [0.2, 0.25) is 0 Å². The lowest BCUT2D eigenvalue weighted by molar-refractivity contribution is -0.134. The normalized spacial score (nSPS) is 13.7. The van der Waals surface area contributed by atoms with E-state index < -0.39 is 22.5 Å². The summed E-state index contributed by atoms with van der Waals surface area (Å²) in [7, 11) is -4.02. The van der Waals surface area contributed by atoms with Gasteiger partial charge in [-0.15, -0.1) is 0 Å². The number of nitrogens with zero attached hydrogens (tertiary/aromatic N) is 3. The summed E-state index contributed by atoms with van der Waals surface area (Å²) in [6.45, 7) is 6.72. The fraction of sp³-hybridized carbons (Fsp3) is 0.323. The number of likely N-dealkylation sites (tertiary alicyclic amines) is 1. The van der Waals surface area contributed by atoms with Crippen molar-refractivity contribution in [1.82, 2.24) is 10.3 Å². The van der Waals surface area contributed by atoms with Crippen LogP contribution in [0.3, 0.4) is 0 Å². The SMILES string of the molecule is Cc1ccc(S(=O)(=O)N(CC(=O)N/N=C/c2ccc(OCC(=O)N3CCCCC3)cc2)c2ccc(C)cc2C)cc1. The number of nitrogens with one attached hydrogen (secondary N) is 1. The molecule has 2 amide bonds. The Bertz CT molecular complexity index is 1500. The first kappa shape index (κ1) is 29.8. The number of piperidine rings is 1. The summed E-state index contributed by atoms with van der Waals surface area (Å²) < 4.78 is 33.9. The molecule has 0 spiro atoms. The second kappa shape index (κ2) is 13.5. The Labute approximate surface area is 241 Å². The lowest BCUT2D eigenvalue weighted by Gasteiger charge is -2.26. The van der Waals surface area contributed by atoms with E-state index in [-0.39, 0.29) is 17.4 Å². The van der Waals surface area contributed by atoms with Gasteiger partial charge in [0.25, 0.3) is 21.8 Å². The van der Waals surface area contributed by atoms with Gasteiger partial charge in [-0.25, -0.2) is 13.8 Å². The molecular weight excluding hydrogens is 540 g/mol. The molecule has 0 atom stereocenters. The van der Waals surface area contributed by atoms with Crippen molar-refractivity contribution >= 4 is 33.7 Å². The van der Waals surface area contributed by atoms with E-state index in [2.05, 4.69) is 10.5 Å². The van der Waals surface area contributed by atoms with E-state index in [0.717, 1.165) is 53.3 Å². The summed E-state index contributed by atoms with van der Waals surface area (Å²) >= 11 is 0. The van der Waals surface area contributed by atoms with Crippen LogP contribution in [0.1, 0.15) is 41.5 Å². The number of sulfonamides is 1. The summed E-state index contributed by atoms with van der Waals surface area (Å²) in [5, 5.41) is 4.01. The van der Waals surface area contributed by atoms with Gasteiger partial charge in [-0.05, 0) is 93.6 Å². The first-order valence-corrected chi connectivity index (χ1v) is 15.1. The third kappa shape index (κ3) is 7.94. The standard InChI is InChI=1S/C31H36N4O5S/c1-23-7-14-28(15-8-23)41(38,39)35(29-16-9-24(2)19-25(29)3)21-30(36)33-32-20-26-10-12-27(13-11-26)40-22-31(37)34-17-5-4-6-18-34/h7-16,19-20H,4-6,17-18,21-22H2,1-3H3,(H,33,36)/b32-20+. The summed E-state index contributed by atoms with van der Waals surface area (Å²) in [5.41, 5.74) is 6.19. The molecule has 0 bridgehead atoms. The number of hydrazone groups is 1. The van der Waals surface area contributed by atoms with Gasteiger partial charge in [-0.2, -0.15) is 5.10 Å². The predicted molar refractivity (Wildman–Crippen MR) is 160 cm³/mol. The van der Waals surface area contributed by atoms with E-state index in [1.165, 1.54) is 18.3 Å². The third-order valence-electron chi connectivity index (χ3n) is 6.87. The summed E-state index contributed by atoms with van der Waals surface area (Å²) in [5.74, 6) is -0.0487. The first-order chi connectivity index (χ1) is 19.6. The fourth-order valence-electron chi connectivity index (χ4n) is 4.60. The van der Waals surface area contributed by atoms with E-state index >= 15 is 0 Å². The van der Waals surface area contributed by atoms with Crippen LogP contribution in [0, 0.1) is 20.8 Å². The molecule has 1 aliphatic rings. The van der Waals surface area contributed by atoms with Crippen LogP contribution in [0.2, 0.25) is 0 Å². The molecule has 9 nitrogen and oxygen atoms in total. The van der Waals surface area contributed by atoms with Crippen LogP contribution in [-0.2, 0) is 19.6 Å². The molecule has 1 fully saturated rings. The number of hydrogen-bond donors (Lipinski definition) is 1. The van der Waals surface area contributed by atoms with Gasteiger partial charge in [0.15, 0.2) is 6.61 Å². The highest BCUT2D eigenvalue weighted by atomic mass is 32.2. The minimum atomic E-state index is -4.02. The molecule has 0 aromatic heterocycles. The van der Waals surface area contributed by atoms with Crippen LogP contribution in [0.5, 0.6) is 5.75 Å². The molecule has 216 valence electrons. The molecule has 0 saturated carbocycles. The van der Waals surface area contributed by atoms with Gasteiger partial charge in [0.1, 0.15) is 12.3 Å². The van der Waals surface area contributed by atoms with Gasteiger partial charge in [0, 0.05) is 13.1 Å². The van der Waals surface area contributed by atoms with Crippen molar-refractivity contribution in [2.75, 3.05) is 30.5 Å². The number of hydrogen-bond acceptors (Lipinski definition) is 6. The molecule has 1 saturated heterocycles. The van der Waals surface area contributed by atoms with Gasteiger partial charge < -0.3 is 9.64 Å². The Morgan fingerprint density at radius 3 is 2.24 bits per heavy atom. The number of carbonyl (C=O) groups excluding carboxylic acids is 2. The van der Waals surface area contributed by atoms with Crippen LogP contribution in [0.25, 0.3) is 0 Å². The van der Waals surface area contributed by atoms with Crippen LogP contribution in [-0.4, -0.2) is 57.6 Å². The van der Waals surface area contributed by atoms with Crippen molar-refractivity contribution < 1.29 is 22.7 Å². The molecule has 0 radical (unpaired) electrons. The molecule has 3 aromatic rings. The van der Waals surface area contributed by atoms with Crippen molar-refractivity contribution in [3.63, 3.8) is 0 Å². The number of amides is 2. The Morgan fingerprint density at radius 1 is 0.927 bits per heavy atom. The molecule has 1 aliphatic heterocycles. The Hall–Kier alpha value is -4.18. The summed E-state index contributed by atoms with van der Waals surface area (Å²) in [4.78, 5) is 27.1. The van der Waals surface area contributed by atoms with Crippen LogP contribution in [0.15, 0.2) is 76.7 Å². The van der Waals surface area contributed by atoms with E-state index in [4.69, 9.17) is 4.74 Å². The Balaban J connectivity index is 1.39. The number of ether oxygens (including phenoxy) is 1. The predicted octanol–water partition coefficient (Wildman–Crippen LogP) is 4.35. The maximum absolute atomic E-state index is 13.6. The highest BCUT2D eigenvalue weighted by Gasteiger charge is 2.28. The molecule has 1 heterocycles. The first-order valence-electron chi connectivity index (χ1n) is 13.6. The molecule has 1 N–H and O–H groups in total. The van der Waals surface area contributed by atoms with Crippen molar-refractivity contribution in [1.29, 1.82) is 0 Å². The average Bonchev–Trinajstić information content (AvgIpc) is 2.96. The largest absolute Gasteiger partial charge is 0.484 e. The fourth-order valence-corrected chi connectivity index (χ4v) is 6.08. The zero-order valence-electron chi connectivity index (χ0n) is 23.7.